The van der Waals surface area contributed by atoms with Crippen molar-refractivity contribution in [1.82, 2.24) is 15.2 Å². The molecule has 4 aliphatic rings. The molecule has 4 fully saturated rings. The second kappa shape index (κ2) is 3.72. The summed E-state index contributed by atoms with van der Waals surface area (Å²) >= 11 is 0. The summed E-state index contributed by atoms with van der Waals surface area (Å²) in [5, 5.41) is 6.56. The minimum absolute atomic E-state index is 0.254. The Morgan fingerprint density at radius 3 is 2.21 bits per heavy atom. The van der Waals surface area contributed by atoms with Gasteiger partial charge in [0, 0.05) is 0 Å². The molecular formula is C14H22N4O. The summed E-state index contributed by atoms with van der Waals surface area (Å²) in [6, 6.07) is 0. The van der Waals surface area contributed by atoms with Crippen LogP contribution in [0.2, 0.25) is 0 Å². The first-order chi connectivity index (χ1) is 9.04. The largest absolute Gasteiger partial charge is 0.340 e. The van der Waals surface area contributed by atoms with Crippen LogP contribution in [0.15, 0.2) is 4.79 Å². The molecule has 5 nitrogen and oxygen atoms in total. The minimum atomic E-state index is -0.512. The van der Waals surface area contributed by atoms with E-state index in [-0.39, 0.29) is 5.69 Å². The Labute approximate surface area is 112 Å². The zero-order chi connectivity index (χ0) is 13.2. The van der Waals surface area contributed by atoms with Gasteiger partial charge in [-0.2, -0.15) is 5.10 Å². The number of nitrogens with one attached hydrogen (secondary N) is 2. The van der Waals surface area contributed by atoms with Gasteiger partial charge in [-0.25, -0.2) is 9.89 Å². The highest BCUT2D eigenvalue weighted by molar-refractivity contribution is 5.11. The fourth-order valence-electron chi connectivity index (χ4n) is 5.59. The maximum atomic E-state index is 11.3. The lowest BCUT2D eigenvalue weighted by atomic mass is 9.48. The number of H-pyrrole nitrogens is 2. The van der Waals surface area contributed by atoms with Crippen molar-refractivity contribution in [3.63, 3.8) is 0 Å². The molecule has 104 valence electrons. The summed E-state index contributed by atoms with van der Waals surface area (Å²) < 4.78 is 0. The molecule has 1 aromatic heterocycles. The molecule has 5 rings (SSSR count). The molecule has 0 aliphatic heterocycles. The Hall–Kier alpha value is -1.10. The molecule has 1 aromatic rings. The Bertz CT molecular complexity index is 516. The summed E-state index contributed by atoms with van der Waals surface area (Å²) in [7, 11) is 0. The zero-order valence-electron chi connectivity index (χ0n) is 11.4. The minimum Gasteiger partial charge on any atom is -0.319 e. The van der Waals surface area contributed by atoms with Gasteiger partial charge in [-0.1, -0.05) is 0 Å². The van der Waals surface area contributed by atoms with Crippen LogP contribution >= 0.6 is 0 Å². The summed E-state index contributed by atoms with van der Waals surface area (Å²) in [6.07, 6.45) is 6.77. The molecule has 4 aliphatic carbocycles. The van der Waals surface area contributed by atoms with E-state index in [0.29, 0.717) is 11.7 Å². The van der Waals surface area contributed by atoms with E-state index in [1.54, 1.807) is 0 Å². The molecule has 4 N–H and O–H groups in total. The lowest BCUT2D eigenvalue weighted by molar-refractivity contribution is -0.0693. The molecule has 5 heteroatoms. The van der Waals surface area contributed by atoms with E-state index in [2.05, 4.69) is 15.2 Å². The molecule has 1 heterocycles. The van der Waals surface area contributed by atoms with Crippen molar-refractivity contribution < 1.29 is 0 Å². The molecule has 1 unspecified atom stereocenters. The monoisotopic (exact) mass is 262 g/mol. The molecule has 19 heavy (non-hydrogen) atoms. The maximum absolute atomic E-state index is 11.3. The number of rotatable bonds is 2. The highest BCUT2D eigenvalue weighted by Crippen LogP contribution is 2.59. The third-order valence-corrected chi connectivity index (χ3v) is 5.93. The predicted molar refractivity (Wildman–Crippen MR) is 71.3 cm³/mol. The quantitative estimate of drug-likeness (QED) is 0.751. The standard InChI is InChI=1S/C14H22N4O/c1-14(15,12-16-13(19)18-17-12)11-9-3-7-2-8(5-9)6-10(11)4-7/h7-11H,2-6,15H2,1H3,(H2,16,17,18,19). The van der Waals surface area contributed by atoms with E-state index in [1.807, 2.05) is 6.92 Å². The number of hydrogen-bond donors (Lipinski definition) is 3. The molecule has 0 spiro atoms. The first-order valence-corrected chi connectivity index (χ1v) is 7.48. The molecule has 4 bridgehead atoms. The first kappa shape index (κ1) is 11.7. The van der Waals surface area contributed by atoms with Crippen LogP contribution in [0.3, 0.4) is 0 Å². The molecule has 4 saturated carbocycles. The molecule has 0 aromatic carbocycles. The van der Waals surface area contributed by atoms with Gasteiger partial charge in [-0.15, -0.1) is 0 Å². The van der Waals surface area contributed by atoms with Gasteiger partial charge in [0.2, 0.25) is 0 Å². The van der Waals surface area contributed by atoms with Gasteiger partial charge in [0.25, 0.3) is 0 Å². The predicted octanol–water partition coefficient (Wildman–Crippen LogP) is 1.34. The number of aromatic nitrogens is 3. The average molecular weight is 262 g/mol. The Morgan fingerprint density at radius 1 is 1.16 bits per heavy atom. The second-order valence-electron chi connectivity index (χ2n) is 7.27. The van der Waals surface area contributed by atoms with E-state index in [9.17, 15) is 4.79 Å². The van der Waals surface area contributed by atoms with Gasteiger partial charge in [0.1, 0.15) is 0 Å². The van der Waals surface area contributed by atoms with Crippen LogP contribution in [0, 0.1) is 29.6 Å². The van der Waals surface area contributed by atoms with Crippen LogP contribution in [0.5, 0.6) is 0 Å². The van der Waals surface area contributed by atoms with Crippen molar-refractivity contribution in [3.05, 3.63) is 16.3 Å². The topological polar surface area (TPSA) is 87.6 Å². The van der Waals surface area contributed by atoms with E-state index in [4.69, 9.17) is 5.73 Å². The van der Waals surface area contributed by atoms with Gasteiger partial charge in [-0.3, -0.25) is 4.98 Å². The van der Waals surface area contributed by atoms with Gasteiger partial charge in [-0.05, 0) is 68.6 Å². The van der Waals surface area contributed by atoms with Gasteiger partial charge >= 0.3 is 5.69 Å². The van der Waals surface area contributed by atoms with Gasteiger partial charge < -0.3 is 5.73 Å². The fourth-order valence-corrected chi connectivity index (χ4v) is 5.59. The van der Waals surface area contributed by atoms with Crippen molar-refractivity contribution >= 4 is 0 Å². The average Bonchev–Trinajstić information content (AvgIpc) is 2.74. The van der Waals surface area contributed by atoms with Crippen LogP contribution in [0.1, 0.15) is 44.9 Å². The zero-order valence-corrected chi connectivity index (χ0v) is 11.4. The van der Waals surface area contributed by atoms with E-state index >= 15 is 0 Å². The highest BCUT2D eigenvalue weighted by atomic mass is 16.1. The van der Waals surface area contributed by atoms with E-state index in [1.165, 1.54) is 32.1 Å². The number of aromatic amines is 2. The van der Waals surface area contributed by atoms with Crippen molar-refractivity contribution in [2.75, 3.05) is 0 Å². The third kappa shape index (κ3) is 1.64. The fraction of sp³-hybridized carbons (Fsp3) is 0.857. The van der Waals surface area contributed by atoms with Crippen molar-refractivity contribution in [2.45, 2.75) is 44.6 Å². The van der Waals surface area contributed by atoms with Crippen molar-refractivity contribution in [3.8, 4) is 0 Å². The SMILES string of the molecule is CC(N)(c1n[nH]c(=O)[nH]1)C1C2CC3CC(C2)CC1C3. The summed E-state index contributed by atoms with van der Waals surface area (Å²) in [5.41, 5.74) is 5.86. The smallest absolute Gasteiger partial charge is 0.319 e. The van der Waals surface area contributed by atoms with Crippen LogP contribution in [0.4, 0.5) is 0 Å². The summed E-state index contributed by atoms with van der Waals surface area (Å²) in [5.74, 6) is 4.44. The molecular weight excluding hydrogens is 240 g/mol. The number of hydrogen-bond acceptors (Lipinski definition) is 3. The Balaban J connectivity index is 1.70. The van der Waals surface area contributed by atoms with Crippen LogP contribution in [-0.4, -0.2) is 15.2 Å². The summed E-state index contributed by atoms with van der Waals surface area (Å²) in [6.45, 7) is 2.05. The molecule has 1 atom stereocenters. The van der Waals surface area contributed by atoms with Crippen molar-refractivity contribution in [1.29, 1.82) is 0 Å². The molecule has 0 saturated heterocycles. The molecule has 0 radical (unpaired) electrons. The van der Waals surface area contributed by atoms with Crippen LogP contribution in [-0.2, 0) is 5.54 Å². The van der Waals surface area contributed by atoms with E-state index < -0.39 is 5.54 Å². The Morgan fingerprint density at radius 2 is 1.74 bits per heavy atom. The first-order valence-electron chi connectivity index (χ1n) is 7.48. The van der Waals surface area contributed by atoms with Crippen LogP contribution in [0.25, 0.3) is 0 Å². The second-order valence-corrected chi connectivity index (χ2v) is 7.27. The Kier molecular flexibility index (Phi) is 2.29. The lowest BCUT2D eigenvalue weighted by Crippen LogP contribution is -2.56. The van der Waals surface area contributed by atoms with E-state index in [0.717, 1.165) is 23.7 Å². The van der Waals surface area contributed by atoms with Crippen molar-refractivity contribution in [2.24, 2.45) is 35.3 Å². The third-order valence-electron chi connectivity index (χ3n) is 5.93. The van der Waals surface area contributed by atoms with Gasteiger partial charge in [0.15, 0.2) is 5.82 Å². The number of nitrogens with zero attached hydrogens (tertiary/aromatic N) is 1. The normalized spacial score (nSPS) is 43.4. The number of nitrogens with two attached hydrogens (primary N) is 1. The van der Waals surface area contributed by atoms with Crippen LogP contribution < -0.4 is 11.4 Å². The maximum Gasteiger partial charge on any atom is 0.340 e. The summed E-state index contributed by atoms with van der Waals surface area (Å²) in [4.78, 5) is 14.1. The lowest BCUT2D eigenvalue weighted by Gasteiger charge is -2.58. The van der Waals surface area contributed by atoms with Gasteiger partial charge in [0.05, 0.1) is 5.54 Å². The molecule has 0 amide bonds. The highest BCUT2D eigenvalue weighted by Gasteiger charge is 2.54.